The van der Waals surface area contributed by atoms with Gasteiger partial charge in [-0.05, 0) is 12.1 Å². The SMILES string of the molecule is COC(=O)[C@H](O)c1cccn1C(=O)OC. The van der Waals surface area contributed by atoms with E-state index >= 15 is 0 Å². The molecule has 0 aromatic carbocycles. The number of nitrogens with zero attached hydrogens (tertiary/aromatic N) is 1. The van der Waals surface area contributed by atoms with Crippen molar-refractivity contribution in [1.82, 2.24) is 4.57 Å². The van der Waals surface area contributed by atoms with Gasteiger partial charge in [0.2, 0.25) is 0 Å². The van der Waals surface area contributed by atoms with Crippen LogP contribution in [0.5, 0.6) is 0 Å². The summed E-state index contributed by atoms with van der Waals surface area (Å²) in [4.78, 5) is 22.2. The molecular weight excluding hydrogens is 202 g/mol. The molecule has 0 bridgehead atoms. The van der Waals surface area contributed by atoms with E-state index in [0.29, 0.717) is 0 Å². The second kappa shape index (κ2) is 4.61. The first-order valence-electron chi connectivity index (χ1n) is 4.13. The maximum absolute atomic E-state index is 11.2. The van der Waals surface area contributed by atoms with Gasteiger partial charge >= 0.3 is 12.1 Å². The normalized spacial score (nSPS) is 11.9. The van der Waals surface area contributed by atoms with Crippen molar-refractivity contribution in [3.63, 3.8) is 0 Å². The molecule has 0 radical (unpaired) electrons. The standard InChI is InChI=1S/C9H11NO5/c1-14-8(12)7(11)6-4-3-5-10(6)9(13)15-2/h3-5,7,11H,1-2H3/t7-/m1/s1. The van der Waals surface area contributed by atoms with Crippen LogP contribution in [0, 0.1) is 0 Å². The summed E-state index contributed by atoms with van der Waals surface area (Å²) in [6.07, 6.45) is -0.796. The fraction of sp³-hybridized carbons (Fsp3) is 0.333. The van der Waals surface area contributed by atoms with Gasteiger partial charge in [-0.25, -0.2) is 9.59 Å². The van der Waals surface area contributed by atoms with Crippen LogP contribution in [0.15, 0.2) is 18.3 Å². The Morgan fingerprint density at radius 1 is 1.40 bits per heavy atom. The monoisotopic (exact) mass is 213 g/mol. The molecule has 0 spiro atoms. The molecule has 1 aromatic rings. The number of rotatable bonds is 2. The van der Waals surface area contributed by atoms with Crippen molar-refractivity contribution in [3.8, 4) is 0 Å². The van der Waals surface area contributed by atoms with Crippen LogP contribution in [0.3, 0.4) is 0 Å². The van der Waals surface area contributed by atoms with Crippen LogP contribution in [0.25, 0.3) is 0 Å². The fourth-order valence-electron chi connectivity index (χ4n) is 1.11. The van der Waals surface area contributed by atoms with E-state index in [1.807, 2.05) is 0 Å². The summed E-state index contributed by atoms with van der Waals surface area (Å²) >= 11 is 0. The maximum atomic E-state index is 11.2. The van der Waals surface area contributed by atoms with Crippen LogP contribution in [-0.4, -0.2) is 36.0 Å². The van der Waals surface area contributed by atoms with E-state index in [4.69, 9.17) is 0 Å². The number of carbonyl (C=O) groups is 2. The van der Waals surface area contributed by atoms with Crippen LogP contribution in [-0.2, 0) is 14.3 Å². The third-order valence-electron chi connectivity index (χ3n) is 1.86. The summed E-state index contributed by atoms with van der Waals surface area (Å²) in [5.41, 5.74) is 0.105. The van der Waals surface area contributed by atoms with Gasteiger partial charge in [-0.3, -0.25) is 4.57 Å². The highest BCUT2D eigenvalue weighted by atomic mass is 16.5. The van der Waals surface area contributed by atoms with Crippen LogP contribution in [0.1, 0.15) is 11.8 Å². The number of hydrogen-bond acceptors (Lipinski definition) is 5. The predicted molar refractivity (Wildman–Crippen MR) is 49.2 cm³/mol. The third kappa shape index (κ3) is 2.16. The molecule has 1 heterocycles. The topological polar surface area (TPSA) is 77.8 Å². The van der Waals surface area contributed by atoms with Gasteiger partial charge in [-0.1, -0.05) is 0 Å². The van der Waals surface area contributed by atoms with Gasteiger partial charge < -0.3 is 14.6 Å². The molecule has 1 N–H and O–H groups in total. The van der Waals surface area contributed by atoms with Crippen LogP contribution >= 0.6 is 0 Å². The molecular formula is C9H11NO5. The zero-order valence-electron chi connectivity index (χ0n) is 8.34. The quantitative estimate of drug-likeness (QED) is 0.715. The Bertz CT molecular complexity index is 370. The largest absolute Gasteiger partial charge is 0.467 e. The van der Waals surface area contributed by atoms with Crippen molar-refractivity contribution >= 4 is 12.1 Å². The van der Waals surface area contributed by atoms with Gasteiger partial charge in [0, 0.05) is 6.20 Å². The van der Waals surface area contributed by atoms with Crippen LogP contribution < -0.4 is 0 Å². The molecule has 0 aliphatic carbocycles. The highest BCUT2D eigenvalue weighted by Crippen LogP contribution is 2.15. The number of carbonyl (C=O) groups excluding carboxylic acids is 2. The van der Waals surface area contributed by atoms with Crippen LogP contribution in [0.2, 0.25) is 0 Å². The number of aromatic nitrogens is 1. The first-order chi connectivity index (χ1) is 7.11. The summed E-state index contributed by atoms with van der Waals surface area (Å²) in [6, 6.07) is 2.94. The molecule has 6 nitrogen and oxygen atoms in total. The number of methoxy groups -OCH3 is 2. The zero-order chi connectivity index (χ0) is 11.4. The minimum absolute atomic E-state index is 0.105. The number of aliphatic hydroxyl groups is 1. The molecule has 1 aromatic heterocycles. The Morgan fingerprint density at radius 3 is 2.60 bits per heavy atom. The Morgan fingerprint density at radius 2 is 2.07 bits per heavy atom. The highest BCUT2D eigenvalue weighted by Gasteiger charge is 2.23. The second-order valence-corrected chi connectivity index (χ2v) is 2.70. The number of aliphatic hydroxyl groups excluding tert-OH is 1. The number of hydrogen-bond donors (Lipinski definition) is 1. The summed E-state index contributed by atoms with van der Waals surface area (Å²) in [6.45, 7) is 0. The van der Waals surface area contributed by atoms with E-state index in [1.54, 1.807) is 0 Å². The lowest BCUT2D eigenvalue weighted by atomic mass is 10.2. The molecule has 6 heteroatoms. The Balaban J connectivity index is 2.99. The molecule has 1 rings (SSSR count). The lowest BCUT2D eigenvalue weighted by Crippen LogP contribution is -2.21. The van der Waals surface area contributed by atoms with E-state index in [-0.39, 0.29) is 5.69 Å². The Labute approximate surface area is 86.0 Å². The van der Waals surface area contributed by atoms with Gasteiger partial charge in [-0.2, -0.15) is 0 Å². The van der Waals surface area contributed by atoms with E-state index in [9.17, 15) is 14.7 Å². The van der Waals surface area contributed by atoms with Crippen LogP contribution in [0.4, 0.5) is 4.79 Å². The smallest absolute Gasteiger partial charge is 0.418 e. The van der Waals surface area contributed by atoms with Gasteiger partial charge in [0.15, 0.2) is 6.10 Å². The van der Waals surface area contributed by atoms with Crippen molar-refractivity contribution in [2.75, 3.05) is 14.2 Å². The Hall–Kier alpha value is -1.82. The summed E-state index contributed by atoms with van der Waals surface area (Å²) in [5.74, 6) is -0.834. The lowest BCUT2D eigenvalue weighted by molar-refractivity contribution is -0.151. The summed E-state index contributed by atoms with van der Waals surface area (Å²) in [5, 5.41) is 9.50. The molecule has 0 aliphatic heterocycles. The Kier molecular flexibility index (Phi) is 3.46. The number of ether oxygens (including phenoxy) is 2. The van der Waals surface area contributed by atoms with Crippen molar-refractivity contribution < 1.29 is 24.2 Å². The van der Waals surface area contributed by atoms with Crippen molar-refractivity contribution in [2.45, 2.75) is 6.10 Å². The van der Waals surface area contributed by atoms with Gasteiger partial charge in [0.25, 0.3) is 0 Å². The highest BCUT2D eigenvalue weighted by molar-refractivity contribution is 5.78. The average Bonchev–Trinajstić information content (AvgIpc) is 2.74. The summed E-state index contributed by atoms with van der Waals surface area (Å²) in [7, 11) is 2.35. The number of esters is 1. The van der Waals surface area contributed by atoms with Crippen molar-refractivity contribution in [3.05, 3.63) is 24.0 Å². The molecule has 1 atom stereocenters. The molecule has 0 aliphatic rings. The molecule has 0 fully saturated rings. The van der Waals surface area contributed by atoms with E-state index in [0.717, 1.165) is 11.7 Å². The molecule has 82 valence electrons. The zero-order valence-corrected chi connectivity index (χ0v) is 8.34. The average molecular weight is 213 g/mol. The van der Waals surface area contributed by atoms with E-state index in [1.165, 1.54) is 25.4 Å². The first kappa shape index (κ1) is 11.3. The third-order valence-corrected chi connectivity index (χ3v) is 1.86. The van der Waals surface area contributed by atoms with Gasteiger partial charge in [0.1, 0.15) is 0 Å². The minimum atomic E-state index is -1.50. The maximum Gasteiger partial charge on any atom is 0.418 e. The second-order valence-electron chi connectivity index (χ2n) is 2.70. The van der Waals surface area contributed by atoms with Crippen molar-refractivity contribution in [1.29, 1.82) is 0 Å². The first-order valence-corrected chi connectivity index (χ1v) is 4.13. The molecule has 0 unspecified atom stereocenters. The summed E-state index contributed by atoms with van der Waals surface area (Å²) < 4.78 is 9.84. The van der Waals surface area contributed by atoms with E-state index in [2.05, 4.69) is 9.47 Å². The lowest BCUT2D eigenvalue weighted by Gasteiger charge is -2.10. The van der Waals surface area contributed by atoms with Gasteiger partial charge in [-0.15, -0.1) is 0 Å². The predicted octanol–water partition coefficient (Wildman–Crippen LogP) is 0.309. The molecule has 0 amide bonds. The van der Waals surface area contributed by atoms with E-state index < -0.39 is 18.2 Å². The molecule has 0 saturated heterocycles. The fourth-order valence-corrected chi connectivity index (χ4v) is 1.11. The van der Waals surface area contributed by atoms with Crippen molar-refractivity contribution in [2.24, 2.45) is 0 Å². The molecule has 0 saturated carbocycles. The minimum Gasteiger partial charge on any atom is -0.467 e. The molecule has 15 heavy (non-hydrogen) atoms. The van der Waals surface area contributed by atoms with Gasteiger partial charge in [0.05, 0.1) is 19.9 Å².